The van der Waals surface area contributed by atoms with Crippen molar-refractivity contribution in [3.8, 4) is 0 Å². The number of nitrogens with two attached hydrogens (primary N) is 1. The molecule has 3 N–H and O–H groups in total. The second kappa shape index (κ2) is 5.95. The lowest BCUT2D eigenvalue weighted by Crippen LogP contribution is -2.35. The van der Waals surface area contributed by atoms with Gasteiger partial charge in [-0.2, -0.15) is 0 Å². The Morgan fingerprint density at radius 2 is 2.14 bits per heavy atom. The average molecular weight is 307 g/mol. The van der Waals surface area contributed by atoms with Crippen molar-refractivity contribution in [1.82, 2.24) is 9.97 Å². The Morgan fingerprint density at radius 1 is 1.33 bits per heavy atom. The highest BCUT2D eigenvalue weighted by molar-refractivity contribution is 6.31. The summed E-state index contributed by atoms with van der Waals surface area (Å²) in [4.78, 5) is 8.43. The van der Waals surface area contributed by atoms with E-state index in [1.54, 1.807) is 12.1 Å². The molecule has 0 bridgehead atoms. The van der Waals surface area contributed by atoms with Crippen molar-refractivity contribution < 1.29 is 4.39 Å². The lowest BCUT2D eigenvalue weighted by molar-refractivity contribution is 0.345. The van der Waals surface area contributed by atoms with Crippen LogP contribution in [0, 0.1) is 5.82 Å². The number of nitrogens with one attached hydrogen (secondary N) is 1. The number of aromatic nitrogens is 2. The van der Waals surface area contributed by atoms with Crippen LogP contribution in [0.15, 0.2) is 30.6 Å². The smallest absolute Gasteiger partial charge is 0.129 e. The van der Waals surface area contributed by atoms with Crippen LogP contribution in [0.3, 0.4) is 0 Å². The molecule has 0 unspecified atom stereocenters. The van der Waals surface area contributed by atoms with Crippen LogP contribution in [0.5, 0.6) is 0 Å². The normalized spacial score (nSPS) is 20.9. The molecule has 1 heterocycles. The Balaban J connectivity index is 1.69. The van der Waals surface area contributed by atoms with E-state index < -0.39 is 0 Å². The van der Waals surface area contributed by atoms with E-state index in [0.717, 1.165) is 18.5 Å². The zero-order valence-corrected chi connectivity index (χ0v) is 12.1. The van der Waals surface area contributed by atoms with Gasteiger partial charge in [-0.3, -0.25) is 0 Å². The Morgan fingerprint density at radius 3 is 2.86 bits per heavy atom. The maximum absolute atomic E-state index is 13.7. The van der Waals surface area contributed by atoms with Crippen LogP contribution in [0.2, 0.25) is 5.02 Å². The molecule has 4 nitrogen and oxygen atoms in total. The molecule has 110 valence electrons. The van der Waals surface area contributed by atoms with Crippen LogP contribution in [0.4, 0.5) is 10.2 Å². The standard InChI is InChI=1S/C15H16ClFN4/c16-12-2-1-3-13(17)11(12)7-19-15-6-14(20-8-21-15)9-4-10(18)5-9/h1-3,6,8-10H,4-5,7,18H2,(H,19,20,21). The number of halogens is 2. The minimum absolute atomic E-state index is 0.276. The predicted molar refractivity (Wildman–Crippen MR) is 80.7 cm³/mol. The highest BCUT2D eigenvalue weighted by atomic mass is 35.5. The van der Waals surface area contributed by atoms with Crippen LogP contribution in [-0.2, 0) is 6.54 Å². The molecule has 21 heavy (non-hydrogen) atoms. The average Bonchev–Trinajstić information content (AvgIpc) is 2.44. The molecule has 6 heteroatoms. The molecule has 1 aromatic heterocycles. The van der Waals surface area contributed by atoms with E-state index in [4.69, 9.17) is 17.3 Å². The van der Waals surface area contributed by atoms with Crippen molar-refractivity contribution in [1.29, 1.82) is 0 Å². The largest absolute Gasteiger partial charge is 0.366 e. The van der Waals surface area contributed by atoms with Gasteiger partial charge in [0.15, 0.2) is 0 Å². The molecule has 0 atom stereocenters. The van der Waals surface area contributed by atoms with Gasteiger partial charge >= 0.3 is 0 Å². The van der Waals surface area contributed by atoms with E-state index in [0.29, 0.717) is 22.3 Å². The maximum Gasteiger partial charge on any atom is 0.129 e. The number of anilines is 1. The quantitative estimate of drug-likeness (QED) is 0.911. The third-order valence-corrected chi connectivity index (χ3v) is 4.14. The van der Waals surface area contributed by atoms with Crippen molar-refractivity contribution >= 4 is 17.4 Å². The molecule has 3 rings (SSSR count). The lowest BCUT2D eigenvalue weighted by atomic mass is 9.79. The van der Waals surface area contributed by atoms with Gasteiger partial charge in [-0.15, -0.1) is 0 Å². The predicted octanol–water partition coefficient (Wildman–Crippen LogP) is 3.09. The zero-order valence-electron chi connectivity index (χ0n) is 11.4. The lowest BCUT2D eigenvalue weighted by Gasteiger charge is -2.31. The molecule has 0 saturated heterocycles. The first kappa shape index (κ1) is 14.2. The van der Waals surface area contributed by atoms with Gasteiger partial charge in [0.05, 0.1) is 0 Å². The fourth-order valence-electron chi connectivity index (χ4n) is 2.48. The van der Waals surface area contributed by atoms with Crippen LogP contribution in [-0.4, -0.2) is 16.0 Å². The van der Waals surface area contributed by atoms with Gasteiger partial charge in [0.25, 0.3) is 0 Å². The van der Waals surface area contributed by atoms with Gasteiger partial charge in [-0.05, 0) is 25.0 Å². The third kappa shape index (κ3) is 3.14. The Hall–Kier alpha value is -1.72. The van der Waals surface area contributed by atoms with Gasteiger partial charge in [-0.25, -0.2) is 14.4 Å². The van der Waals surface area contributed by atoms with E-state index in [-0.39, 0.29) is 18.4 Å². The van der Waals surface area contributed by atoms with Crippen molar-refractivity contribution in [2.45, 2.75) is 31.3 Å². The van der Waals surface area contributed by atoms with Crippen molar-refractivity contribution in [2.24, 2.45) is 5.73 Å². The minimum Gasteiger partial charge on any atom is -0.366 e. The van der Waals surface area contributed by atoms with E-state index >= 15 is 0 Å². The van der Waals surface area contributed by atoms with Gasteiger partial charge in [0, 0.05) is 40.9 Å². The highest BCUT2D eigenvalue weighted by Crippen LogP contribution is 2.34. The first-order chi connectivity index (χ1) is 10.1. The molecule has 1 aromatic carbocycles. The first-order valence-corrected chi connectivity index (χ1v) is 7.25. The Kier molecular flexibility index (Phi) is 4.03. The molecule has 1 aliphatic carbocycles. The summed E-state index contributed by atoms with van der Waals surface area (Å²) in [6.45, 7) is 0.284. The Labute approximate surface area is 127 Å². The van der Waals surface area contributed by atoms with Crippen molar-refractivity contribution in [2.75, 3.05) is 5.32 Å². The molecule has 0 aliphatic heterocycles. The molecule has 1 fully saturated rings. The molecule has 0 radical (unpaired) electrons. The third-order valence-electron chi connectivity index (χ3n) is 3.79. The molecule has 1 saturated carbocycles. The van der Waals surface area contributed by atoms with Gasteiger partial charge in [-0.1, -0.05) is 17.7 Å². The van der Waals surface area contributed by atoms with Gasteiger partial charge < -0.3 is 11.1 Å². The van der Waals surface area contributed by atoms with Crippen molar-refractivity contribution in [3.63, 3.8) is 0 Å². The van der Waals surface area contributed by atoms with Crippen LogP contribution in [0.1, 0.15) is 30.0 Å². The van der Waals surface area contributed by atoms with Crippen LogP contribution >= 0.6 is 11.6 Å². The molecular formula is C15H16ClFN4. The van der Waals surface area contributed by atoms with E-state index in [9.17, 15) is 4.39 Å². The number of benzene rings is 1. The fraction of sp³-hybridized carbons (Fsp3) is 0.333. The highest BCUT2D eigenvalue weighted by Gasteiger charge is 2.28. The summed E-state index contributed by atoms with van der Waals surface area (Å²) < 4.78 is 13.7. The summed E-state index contributed by atoms with van der Waals surface area (Å²) >= 11 is 6.00. The SMILES string of the molecule is NC1CC(c2cc(NCc3c(F)cccc3Cl)ncn2)C1. The monoisotopic (exact) mass is 306 g/mol. The van der Waals surface area contributed by atoms with Crippen molar-refractivity contribution in [3.05, 3.63) is 52.7 Å². The summed E-state index contributed by atoms with van der Waals surface area (Å²) in [5.74, 6) is 0.745. The van der Waals surface area contributed by atoms with Crippen LogP contribution in [0.25, 0.3) is 0 Å². The summed E-state index contributed by atoms with van der Waals surface area (Å²) in [5, 5.41) is 3.49. The maximum atomic E-state index is 13.7. The number of nitrogens with zero attached hydrogens (tertiary/aromatic N) is 2. The van der Waals surface area contributed by atoms with E-state index in [1.165, 1.54) is 12.4 Å². The van der Waals surface area contributed by atoms with Gasteiger partial charge in [0.2, 0.25) is 0 Å². The molecule has 1 aliphatic rings. The molecule has 0 amide bonds. The number of rotatable bonds is 4. The number of hydrogen-bond acceptors (Lipinski definition) is 4. The fourth-order valence-corrected chi connectivity index (χ4v) is 2.71. The van der Waals surface area contributed by atoms with E-state index in [2.05, 4.69) is 15.3 Å². The zero-order chi connectivity index (χ0) is 14.8. The van der Waals surface area contributed by atoms with E-state index in [1.807, 2.05) is 6.07 Å². The molecule has 0 spiro atoms. The first-order valence-electron chi connectivity index (χ1n) is 6.88. The minimum atomic E-state index is -0.325. The summed E-state index contributed by atoms with van der Waals surface area (Å²) in [5.41, 5.74) is 7.21. The topological polar surface area (TPSA) is 63.8 Å². The number of hydrogen-bond donors (Lipinski definition) is 2. The second-order valence-corrected chi connectivity index (χ2v) is 5.72. The van der Waals surface area contributed by atoms with Crippen LogP contribution < -0.4 is 11.1 Å². The second-order valence-electron chi connectivity index (χ2n) is 5.31. The Bertz CT molecular complexity index is 623. The molecule has 2 aromatic rings. The summed E-state index contributed by atoms with van der Waals surface area (Å²) in [6, 6.07) is 6.82. The molecular weight excluding hydrogens is 291 g/mol. The summed E-state index contributed by atoms with van der Waals surface area (Å²) in [6.07, 6.45) is 3.43. The van der Waals surface area contributed by atoms with Gasteiger partial charge in [0.1, 0.15) is 18.0 Å². The summed E-state index contributed by atoms with van der Waals surface area (Å²) in [7, 11) is 0.